The zero-order valence-electron chi connectivity index (χ0n) is 10.6. The van der Waals surface area contributed by atoms with Crippen molar-refractivity contribution in [2.45, 2.75) is 37.3 Å². The Balaban J connectivity index is 2.14. The van der Waals surface area contributed by atoms with Crippen molar-refractivity contribution in [2.75, 3.05) is 12.4 Å². The highest BCUT2D eigenvalue weighted by Gasteiger charge is 2.20. The molecule has 1 atom stereocenters. The topological polar surface area (TPSA) is 92.3 Å². The summed E-state index contributed by atoms with van der Waals surface area (Å²) in [4.78, 5) is 28.7. The number of nitrogens with zero attached hydrogens (tertiary/aromatic N) is 1. The van der Waals surface area contributed by atoms with Gasteiger partial charge in [-0.15, -0.1) is 11.8 Å². The summed E-state index contributed by atoms with van der Waals surface area (Å²) >= 11 is 1.27. The fourth-order valence-corrected chi connectivity index (χ4v) is 3.17. The highest BCUT2D eigenvalue weighted by molar-refractivity contribution is 7.99. The van der Waals surface area contributed by atoms with Gasteiger partial charge in [0, 0.05) is 18.1 Å². The molecule has 7 heteroatoms. The quantitative estimate of drug-likeness (QED) is 0.642. The zero-order chi connectivity index (χ0) is 13.8. The van der Waals surface area contributed by atoms with Gasteiger partial charge < -0.3 is 14.8 Å². The van der Waals surface area contributed by atoms with Crippen molar-refractivity contribution < 1.29 is 14.6 Å². The van der Waals surface area contributed by atoms with Crippen LogP contribution < -0.4 is 5.69 Å². The Labute approximate surface area is 114 Å². The number of carboxylic acid groups (broad SMARTS) is 1. The average molecular weight is 284 g/mol. The number of hydrogen-bond acceptors (Lipinski definition) is 5. The number of hydrogen-bond donors (Lipinski definition) is 2. The minimum atomic E-state index is -1.08. The van der Waals surface area contributed by atoms with E-state index < -0.39 is 11.7 Å². The molecule has 19 heavy (non-hydrogen) atoms. The Bertz CT molecular complexity index is 523. The van der Waals surface area contributed by atoms with Crippen LogP contribution >= 0.6 is 11.8 Å². The minimum Gasteiger partial charge on any atom is -0.478 e. The van der Waals surface area contributed by atoms with Crippen molar-refractivity contribution in [3.8, 4) is 0 Å². The van der Waals surface area contributed by atoms with Crippen LogP contribution in [0, 0.1) is 6.92 Å². The van der Waals surface area contributed by atoms with Crippen LogP contribution in [0.5, 0.6) is 0 Å². The SMILES string of the molecule is Cc1[nH]c(=O)nc(SCC2CCCCO2)c1C(=O)O. The molecule has 1 aromatic heterocycles. The molecule has 0 spiro atoms. The first-order valence-corrected chi connectivity index (χ1v) is 7.15. The van der Waals surface area contributed by atoms with Crippen LogP contribution in [-0.2, 0) is 4.74 Å². The number of aromatic amines is 1. The fourth-order valence-electron chi connectivity index (χ4n) is 2.03. The van der Waals surface area contributed by atoms with Gasteiger partial charge in [0.15, 0.2) is 0 Å². The molecule has 2 N–H and O–H groups in total. The number of rotatable bonds is 4. The van der Waals surface area contributed by atoms with E-state index in [0.29, 0.717) is 11.4 Å². The molecule has 0 aliphatic carbocycles. The Morgan fingerprint density at radius 3 is 3.00 bits per heavy atom. The summed E-state index contributed by atoms with van der Waals surface area (Å²) in [5.74, 6) is -0.454. The van der Waals surface area contributed by atoms with E-state index >= 15 is 0 Å². The summed E-state index contributed by atoms with van der Waals surface area (Å²) in [6.07, 6.45) is 3.28. The highest BCUT2D eigenvalue weighted by Crippen LogP contribution is 2.25. The van der Waals surface area contributed by atoms with Gasteiger partial charge in [0.05, 0.1) is 6.10 Å². The van der Waals surface area contributed by atoms with Gasteiger partial charge in [-0.1, -0.05) is 0 Å². The molecule has 0 amide bonds. The van der Waals surface area contributed by atoms with E-state index in [0.717, 1.165) is 25.9 Å². The average Bonchev–Trinajstić information content (AvgIpc) is 2.36. The van der Waals surface area contributed by atoms with Crippen molar-refractivity contribution in [2.24, 2.45) is 0 Å². The fraction of sp³-hybridized carbons (Fsp3) is 0.583. The molecule has 2 rings (SSSR count). The van der Waals surface area contributed by atoms with Crippen LogP contribution in [0.3, 0.4) is 0 Å². The molecule has 0 saturated carbocycles. The van der Waals surface area contributed by atoms with Gasteiger partial charge in [-0.25, -0.2) is 9.59 Å². The molecule has 1 unspecified atom stereocenters. The van der Waals surface area contributed by atoms with E-state index in [1.54, 1.807) is 6.92 Å². The smallest absolute Gasteiger partial charge is 0.346 e. The van der Waals surface area contributed by atoms with Gasteiger partial charge in [-0.05, 0) is 26.2 Å². The first-order chi connectivity index (χ1) is 9.08. The number of ether oxygens (including phenoxy) is 1. The van der Waals surface area contributed by atoms with Crippen molar-refractivity contribution in [1.82, 2.24) is 9.97 Å². The molecule has 1 aromatic rings. The lowest BCUT2D eigenvalue weighted by Crippen LogP contribution is -2.23. The first-order valence-electron chi connectivity index (χ1n) is 6.16. The second-order valence-electron chi connectivity index (χ2n) is 4.45. The predicted octanol–water partition coefficient (Wildman–Crippen LogP) is 1.44. The first kappa shape index (κ1) is 14.1. The third-order valence-corrected chi connectivity index (χ3v) is 4.09. The maximum Gasteiger partial charge on any atom is 0.346 e. The summed E-state index contributed by atoms with van der Waals surface area (Å²) in [7, 11) is 0. The lowest BCUT2D eigenvalue weighted by Gasteiger charge is -2.22. The van der Waals surface area contributed by atoms with Crippen LogP contribution in [0.2, 0.25) is 0 Å². The molecular weight excluding hydrogens is 268 g/mol. The van der Waals surface area contributed by atoms with E-state index in [1.807, 2.05) is 0 Å². The number of aromatic carboxylic acids is 1. The van der Waals surface area contributed by atoms with Gasteiger partial charge in [0.2, 0.25) is 0 Å². The van der Waals surface area contributed by atoms with Crippen molar-refractivity contribution >= 4 is 17.7 Å². The lowest BCUT2D eigenvalue weighted by molar-refractivity contribution is 0.0315. The van der Waals surface area contributed by atoms with Crippen LogP contribution in [-0.4, -0.2) is 39.5 Å². The van der Waals surface area contributed by atoms with Gasteiger partial charge >= 0.3 is 11.7 Å². The molecule has 1 fully saturated rings. The molecule has 1 aliphatic rings. The Morgan fingerprint density at radius 2 is 2.37 bits per heavy atom. The number of carbonyl (C=O) groups is 1. The standard InChI is InChI=1S/C12H16N2O4S/c1-7-9(11(15)16)10(14-12(17)13-7)19-6-8-4-2-3-5-18-8/h8H,2-6H2,1H3,(H,15,16)(H,13,14,17). The van der Waals surface area contributed by atoms with E-state index in [9.17, 15) is 9.59 Å². The van der Waals surface area contributed by atoms with Crippen LogP contribution in [0.25, 0.3) is 0 Å². The number of carboxylic acids is 1. The van der Waals surface area contributed by atoms with Crippen molar-refractivity contribution in [1.29, 1.82) is 0 Å². The van der Waals surface area contributed by atoms with E-state index in [1.165, 1.54) is 11.8 Å². The predicted molar refractivity (Wildman–Crippen MR) is 70.9 cm³/mol. The summed E-state index contributed by atoms with van der Waals surface area (Å²) in [5.41, 5.74) is -0.116. The maximum atomic E-state index is 11.3. The summed E-state index contributed by atoms with van der Waals surface area (Å²) in [6.45, 7) is 2.31. The highest BCUT2D eigenvalue weighted by atomic mass is 32.2. The van der Waals surface area contributed by atoms with Gasteiger partial charge in [-0.3, -0.25) is 0 Å². The van der Waals surface area contributed by atoms with Crippen molar-refractivity contribution in [3.05, 3.63) is 21.7 Å². The maximum absolute atomic E-state index is 11.3. The van der Waals surface area contributed by atoms with Crippen molar-refractivity contribution in [3.63, 3.8) is 0 Å². The van der Waals surface area contributed by atoms with E-state index in [-0.39, 0.29) is 16.7 Å². The lowest BCUT2D eigenvalue weighted by atomic mass is 10.1. The number of thioether (sulfide) groups is 1. The normalized spacial score (nSPS) is 19.3. The van der Waals surface area contributed by atoms with Gasteiger partial charge in [-0.2, -0.15) is 4.98 Å². The van der Waals surface area contributed by atoms with Crippen LogP contribution in [0.1, 0.15) is 35.3 Å². The van der Waals surface area contributed by atoms with Gasteiger partial charge in [0.1, 0.15) is 10.6 Å². The Morgan fingerprint density at radius 1 is 1.58 bits per heavy atom. The minimum absolute atomic E-state index is 0.0698. The van der Waals surface area contributed by atoms with E-state index in [2.05, 4.69) is 9.97 Å². The van der Waals surface area contributed by atoms with E-state index in [4.69, 9.17) is 9.84 Å². The molecule has 2 heterocycles. The molecule has 6 nitrogen and oxygen atoms in total. The molecule has 0 aromatic carbocycles. The summed E-state index contributed by atoms with van der Waals surface area (Å²) < 4.78 is 5.58. The number of aromatic nitrogens is 2. The molecule has 1 aliphatic heterocycles. The second-order valence-corrected chi connectivity index (χ2v) is 5.46. The third kappa shape index (κ3) is 3.57. The molecule has 0 bridgehead atoms. The number of H-pyrrole nitrogens is 1. The Hall–Kier alpha value is -1.34. The molecular formula is C12H16N2O4S. The third-order valence-electron chi connectivity index (χ3n) is 2.98. The Kier molecular flexibility index (Phi) is 4.60. The number of nitrogens with one attached hydrogen (secondary N) is 1. The second kappa shape index (κ2) is 6.21. The van der Waals surface area contributed by atoms with Crippen LogP contribution in [0.4, 0.5) is 0 Å². The molecule has 0 radical (unpaired) electrons. The largest absolute Gasteiger partial charge is 0.478 e. The summed E-state index contributed by atoms with van der Waals surface area (Å²) in [6, 6.07) is 0. The molecule has 1 saturated heterocycles. The molecule has 104 valence electrons. The van der Waals surface area contributed by atoms with Crippen LogP contribution in [0.15, 0.2) is 9.82 Å². The summed E-state index contributed by atoms with van der Waals surface area (Å²) in [5, 5.41) is 9.43. The monoisotopic (exact) mass is 284 g/mol. The van der Waals surface area contributed by atoms with Gasteiger partial charge in [0.25, 0.3) is 0 Å². The number of aryl methyl sites for hydroxylation is 1. The zero-order valence-corrected chi connectivity index (χ0v) is 11.5.